The first-order chi connectivity index (χ1) is 8.52. The van der Waals surface area contributed by atoms with Crippen molar-refractivity contribution in [1.29, 1.82) is 0 Å². The first-order valence-electron chi connectivity index (χ1n) is 5.48. The average molecular weight is 288 g/mol. The minimum absolute atomic E-state index is 0.0885. The molecule has 3 nitrogen and oxygen atoms in total. The van der Waals surface area contributed by atoms with Gasteiger partial charge in [0.1, 0.15) is 18.5 Å². The highest BCUT2D eigenvalue weighted by atomic mass is 35.5. The van der Waals surface area contributed by atoms with Crippen molar-refractivity contribution in [1.82, 2.24) is 5.32 Å². The maximum Gasteiger partial charge on any atom is 0.139 e. The first kappa shape index (κ1) is 15.1. The lowest BCUT2D eigenvalue weighted by atomic mass is 10.3. The van der Waals surface area contributed by atoms with Crippen molar-refractivity contribution in [3.8, 4) is 18.1 Å². The summed E-state index contributed by atoms with van der Waals surface area (Å²) in [6, 6.07) is 4.83. The molecule has 0 aliphatic carbocycles. The fraction of sp³-hybridized carbons (Fsp3) is 0.385. The highest BCUT2D eigenvalue weighted by Crippen LogP contribution is 2.27. The molecule has 0 aliphatic rings. The van der Waals surface area contributed by atoms with Crippen molar-refractivity contribution in [2.24, 2.45) is 0 Å². The summed E-state index contributed by atoms with van der Waals surface area (Å²) in [5.41, 5.74) is 0. The van der Waals surface area contributed by atoms with Gasteiger partial charge in [0.05, 0.1) is 11.1 Å². The van der Waals surface area contributed by atoms with Crippen LogP contribution in [0.1, 0.15) is 6.92 Å². The Labute approximate surface area is 117 Å². The summed E-state index contributed by atoms with van der Waals surface area (Å²) in [5, 5.41) is 13.6. The van der Waals surface area contributed by atoms with Crippen LogP contribution in [-0.4, -0.2) is 30.4 Å². The van der Waals surface area contributed by atoms with Gasteiger partial charge >= 0.3 is 0 Å². The molecule has 1 aromatic rings. The van der Waals surface area contributed by atoms with Crippen LogP contribution < -0.4 is 10.1 Å². The molecule has 5 heteroatoms. The van der Waals surface area contributed by atoms with E-state index in [2.05, 4.69) is 11.2 Å². The van der Waals surface area contributed by atoms with Crippen LogP contribution in [0.25, 0.3) is 0 Å². The predicted molar refractivity (Wildman–Crippen MR) is 74.3 cm³/mol. The largest absolute Gasteiger partial charge is 0.489 e. The van der Waals surface area contributed by atoms with Crippen LogP contribution in [0.5, 0.6) is 5.75 Å². The van der Waals surface area contributed by atoms with Crippen LogP contribution in [-0.2, 0) is 0 Å². The molecule has 0 radical (unpaired) electrons. The molecule has 0 bridgehead atoms. The van der Waals surface area contributed by atoms with Gasteiger partial charge in [0.2, 0.25) is 0 Å². The Bertz CT molecular complexity index is 431. The summed E-state index contributed by atoms with van der Waals surface area (Å²) >= 11 is 11.7. The predicted octanol–water partition coefficient (Wildman–Crippen LogP) is 2.34. The van der Waals surface area contributed by atoms with Gasteiger partial charge in [-0.05, 0) is 19.1 Å². The number of ether oxygens (including phenoxy) is 1. The van der Waals surface area contributed by atoms with Crippen LogP contribution in [0.3, 0.4) is 0 Å². The molecule has 0 spiro atoms. The van der Waals surface area contributed by atoms with Gasteiger partial charge in [0, 0.05) is 17.6 Å². The van der Waals surface area contributed by atoms with Crippen molar-refractivity contribution >= 4 is 23.2 Å². The zero-order chi connectivity index (χ0) is 13.5. The molecule has 0 heterocycles. The standard InChI is InChI=1S/C13H15Cl2NO2/c1-3-9(2)16-7-11(17)8-18-13-6-10(14)4-5-12(13)15/h1,4-6,9,11,16-17H,7-8H2,2H3. The number of rotatable bonds is 6. The van der Waals surface area contributed by atoms with Gasteiger partial charge in [-0.3, -0.25) is 0 Å². The SMILES string of the molecule is C#CC(C)NCC(O)COc1cc(Cl)ccc1Cl. The van der Waals surface area contributed by atoms with Gasteiger partial charge in [-0.15, -0.1) is 6.42 Å². The Morgan fingerprint density at radius 1 is 1.50 bits per heavy atom. The van der Waals surface area contributed by atoms with Gasteiger partial charge in [-0.2, -0.15) is 0 Å². The summed E-state index contributed by atoms with van der Waals surface area (Å²) in [6.07, 6.45) is 4.53. The number of nitrogens with one attached hydrogen (secondary N) is 1. The van der Waals surface area contributed by atoms with E-state index in [0.717, 1.165) is 0 Å². The van der Waals surface area contributed by atoms with Gasteiger partial charge in [0.25, 0.3) is 0 Å². The number of halogens is 2. The van der Waals surface area contributed by atoms with E-state index in [1.807, 2.05) is 6.92 Å². The minimum Gasteiger partial charge on any atom is -0.489 e. The van der Waals surface area contributed by atoms with E-state index in [-0.39, 0.29) is 12.6 Å². The number of aliphatic hydroxyl groups excluding tert-OH is 1. The minimum atomic E-state index is -0.671. The van der Waals surface area contributed by atoms with Crippen molar-refractivity contribution < 1.29 is 9.84 Å². The number of benzene rings is 1. The van der Waals surface area contributed by atoms with Crippen LogP contribution in [0, 0.1) is 12.3 Å². The first-order valence-corrected chi connectivity index (χ1v) is 6.24. The van der Waals surface area contributed by atoms with E-state index in [9.17, 15) is 5.11 Å². The fourth-order valence-electron chi connectivity index (χ4n) is 1.20. The Kier molecular flexibility index (Phi) is 6.31. The van der Waals surface area contributed by atoms with Gasteiger partial charge in [-0.25, -0.2) is 0 Å². The normalized spacial score (nSPS) is 13.7. The molecular weight excluding hydrogens is 273 g/mol. The summed E-state index contributed by atoms with van der Waals surface area (Å²) in [4.78, 5) is 0. The van der Waals surface area contributed by atoms with E-state index in [1.54, 1.807) is 18.2 Å². The third-order valence-corrected chi connectivity index (χ3v) is 2.78. The van der Waals surface area contributed by atoms with Crippen LogP contribution in [0.4, 0.5) is 0 Å². The second kappa shape index (κ2) is 7.50. The van der Waals surface area contributed by atoms with E-state index in [1.165, 1.54) is 0 Å². The van der Waals surface area contributed by atoms with Crippen LogP contribution in [0.2, 0.25) is 10.0 Å². The molecule has 2 atom stereocenters. The van der Waals surface area contributed by atoms with E-state index >= 15 is 0 Å². The van der Waals surface area contributed by atoms with Crippen molar-refractivity contribution in [2.45, 2.75) is 19.1 Å². The molecule has 0 saturated heterocycles. The Balaban J connectivity index is 2.40. The van der Waals surface area contributed by atoms with Gasteiger partial charge < -0.3 is 15.2 Å². The lowest BCUT2D eigenvalue weighted by Gasteiger charge is -2.15. The molecule has 1 rings (SSSR count). The molecule has 0 saturated carbocycles. The van der Waals surface area contributed by atoms with Crippen LogP contribution in [0.15, 0.2) is 18.2 Å². The Morgan fingerprint density at radius 3 is 2.89 bits per heavy atom. The van der Waals surface area contributed by atoms with Crippen molar-refractivity contribution in [3.05, 3.63) is 28.2 Å². The molecular formula is C13H15Cl2NO2. The third-order valence-electron chi connectivity index (χ3n) is 2.23. The van der Waals surface area contributed by atoms with E-state index in [4.69, 9.17) is 34.4 Å². The summed E-state index contributed by atoms with van der Waals surface area (Å²) in [7, 11) is 0. The van der Waals surface area contributed by atoms with Gasteiger partial charge in [0.15, 0.2) is 0 Å². The zero-order valence-corrected chi connectivity index (χ0v) is 11.5. The number of aliphatic hydroxyl groups is 1. The lowest BCUT2D eigenvalue weighted by Crippen LogP contribution is -2.35. The molecule has 0 aromatic heterocycles. The molecule has 2 unspecified atom stereocenters. The smallest absolute Gasteiger partial charge is 0.139 e. The Morgan fingerprint density at radius 2 is 2.22 bits per heavy atom. The molecule has 0 aliphatic heterocycles. The maximum atomic E-state index is 9.68. The van der Waals surface area contributed by atoms with Crippen molar-refractivity contribution in [3.63, 3.8) is 0 Å². The quantitative estimate of drug-likeness (QED) is 0.790. The summed E-state index contributed by atoms with van der Waals surface area (Å²) in [5.74, 6) is 2.96. The molecule has 0 fully saturated rings. The zero-order valence-electron chi connectivity index (χ0n) is 9.99. The molecule has 98 valence electrons. The van der Waals surface area contributed by atoms with Crippen molar-refractivity contribution in [2.75, 3.05) is 13.2 Å². The van der Waals surface area contributed by atoms with Crippen LogP contribution >= 0.6 is 23.2 Å². The highest BCUT2D eigenvalue weighted by molar-refractivity contribution is 6.34. The number of hydrogen-bond donors (Lipinski definition) is 2. The summed E-state index contributed by atoms with van der Waals surface area (Å²) < 4.78 is 5.39. The molecule has 18 heavy (non-hydrogen) atoms. The topological polar surface area (TPSA) is 41.5 Å². The second-order valence-electron chi connectivity index (χ2n) is 3.84. The maximum absolute atomic E-state index is 9.68. The molecule has 1 aromatic carbocycles. The second-order valence-corrected chi connectivity index (χ2v) is 4.68. The third kappa shape index (κ3) is 5.16. The van der Waals surface area contributed by atoms with E-state index < -0.39 is 6.10 Å². The molecule has 0 amide bonds. The number of hydrogen-bond acceptors (Lipinski definition) is 3. The monoisotopic (exact) mass is 287 g/mol. The fourth-order valence-corrected chi connectivity index (χ4v) is 1.54. The number of terminal acetylenes is 1. The summed E-state index contributed by atoms with van der Waals surface area (Å²) in [6.45, 7) is 2.30. The average Bonchev–Trinajstić information content (AvgIpc) is 2.36. The van der Waals surface area contributed by atoms with Gasteiger partial charge in [-0.1, -0.05) is 29.1 Å². The highest BCUT2D eigenvalue weighted by Gasteiger charge is 2.08. The molecule has 2 N–H and O–H groups in total. The Hall–Kier alpha value is -0.920. The lowest BCUT2D eigenvalue weighted by molar-refractivity contribution is 0.105. The van der Waals surface area contributed by atoms with E-state index in [0.29, 0.717) is 22.3 Å².